The Balaban J connectivity index is 0.000000345. The summed E-state index contributed by atoms with van der Waals surface area (Å²) < 4.78 is 31.7. The summed E-state index contributed by atoms with van der Waals surface area (Å²) in [6.07, 6.45) is -5.08. The summed E-state index contributed by atoms with van der Waals surface area (Å²) >= 11 is 0. The number of aromatic nitrogens is 1. The molecule has 3 rings (SSSR count). The van der Waals surface area contributed by atoms with Crippen LogP contribution in [0.4, 0.5) is 13.2 Å². The van der Waals surface area contributed by atoms with E-state index in [-0.39, 0.29) is 11.5 Å². The molecule has 1 saturated heterocycles. The van der Waals surface area contributed by atoms with Crippen LogP contribution in [0.15, 0.2) is 29.1 Å². The zero-order valence-corrected chi connectivity index (χ0v) is 15.3. The second-order valence-corrected chi connectivity index (χ2v) is 6.49. The molecule has 0 spiro atoms. The molecule has 2 heterocycles. The normalized spacial score (nSPS) is 17.0. The topological polar surface area (TPSA) is 103 Å². The minimum atomic E-state index is -5.08. The number of aryl methyl sites for hydroxylation is 1. The minimum absolute atomic E-state index is 0.0209. The predicted octanol–water partition coefficient (Wildman–Crippen LogP) is 1.90. The molecule has 10 heteroatoms. The number of pyridine rings is 1. The molecule has 1 atom stereocenters. The average molecular weight is 399 g/mol. The number of benzene rings is 1. The van der Waals surface area contributed by atoms with E-state index >= 15 is 0 Å². The highest BCUT2D eigenvalue weighted by Crippen LogP contribution is 2.18. The Morgan fingerprint density at radius 1 is 1.25 bits per heavy atom. The Bertz CT molecular complexity index is 940. The molecule has 1 amide bonds. The van der Waals surface area contributed by atoms with Crippen molar-refractivity contribution in [1.29, 1.82) is 0 Å². The van der Waals surface area contributed by atoms with Crippen molar-refractivity contribution in [2.75, 3.05) is 19.6 Å². The number of alkyl halides is 3. The SMILES string of the molecule is Cc1cc(=O)[nH]c2cc(C(=O)N3CCN[C@H](C)C3)ccc12.O=C(O)C(F)(F)F. The van der Waals surface area contributed by atoms with Crippen molar-refractivity contribution >= 4 is 22.8 Å². The average Bonchev–Trinajstić information content (AvgIpc) is 2.60. The predicted molar refractivity (Wildman–Crippen MR) is 96.4 cm³/mol. The number of carboxylic acid groups (broad SMARTS) is 1. The molecule has 1 aliphatic heterocycles. The number of aliphatic carboxylic acids is 1. The van der Waals surface area contributed by atoms with E-state index in [2.05, 4.69) is 17.2 Å². The number of carboxylic acids is 1. The van der Waals surface area contributed by atoms with E-state index in [9.17, 15) is 22.8 Å². The molecule has 0 saturated carbocycles. The maximum Gasteiger partial charge on any atom is 0.490 e. The molecule has 2 aromatic rings. The van der Waals surface area contributed by atoms with Gasteiger partial charge in [0.2, 0.25) is 5.56 Å². The molecule has 1 aromatic carbocycles. The van der Waals surface area contributed by atoms with Crippen LogP contribution < -0.4 is 10.9 Å². The number of hydrogen-bond donors (Lipinski definition) is 3. The molecule has 1 aliphatic rings. The van der Waals surface area contributed by atoms with Crippen LogP contribution in [-0.2, 0) is 4.79 Å². The number of amides is 1. The van der Waals surface area contributed by atoms with Gasteiger partial charge in [-0.15, -0.1) is 0 Å². The Kier molecular flexibility index (Phi) is 6.45. The van der Waals surface area contributed by atoms with Gasteiger partial charge in [-0.1, -0.05) is 6.07 Å². The van der Waals surface area contributed by atoms with Crippen molar-refractivity contribution in [1.82, 2.24) is 15.2 Å². The number of fused-ring (bicyclic) bond motifs is 1. The van der Waals surface area contributed by atoms with Crippen LogP contribution in [0.5, 0.6) is 0 Å². The Labute approximate surface area is 158 Å². The lowest BCUT2D eigenvalue weighted by Crippen LogP contribution is -2.51. The third-order valence-corrected chi connectivity index (χ3v) is 4.20. The van der Waals surface area contributed by atoms with Crippen molar-refractivity contribution in [3.8, 4) is 0 Å². The first kappa shape index (κ1) is 21.4. The van der Waals surface area contributed by atoms with E-state index in [1.807, 2.05) is 24.0 Å². The fourth-order valence-corrected chi connectivity index (χ4v) is 2.87. The Morgan fingerprint density at radius 2 is 1.89 bits per heavy atom. The summed E-state index contributed by atoms with van der Waals surface area (Å²) in [5.74, 6) is -2.74. The monoisotopic (exact) mass is 399 g/mol. The second kappa shape index (κ2) is 8.42. The number of rotatable bonds is 1. The van der Waals surface area contributed by atoms with Gasteiger partial charge in [0.1, 0.15) is 0 Å². The van der Waals surface area contributed by atoms with Gasteiger partial charge in [0.25, 0.3) is 5.91 Å². The number of carbonyl (C=O) groups is 2. The van der Waals surface area contributed by atoms with Crippen molar-refractivity contribution in [3.63, 3.8) is 0 Å². The molecular weight excluding hydrogens is 379 g/mol. The van der Waals surface area contributed by atoms with E-state index in [1.54, 1.807) is 12.1 Å². The van der Waals surface area contributed by atoms with Gasteiger partial charge in [-0.3, -0.25) is 9.59 Å². The van der Waals surface area contributed by atoms with E-state index in [0.29, 0.717) is 30.2 Å². The maximum atomic E-state index is 12.6. The summed E-state index contributed by atoms with van der Waals surface area (Å²) in [5, 5.41) is 11.4. The van der Waals surface area contributed by atoms with Crippen molar-refractivity contribution < 1.29 is 27.9 Å². The van der Waals surface area contributed by atoms with Crippen molar-refractivity contribution in [2.24, 2.45) is 0 Å². The highest BCUT2D eigenvalue weighted by molar-refractivity contribution is 5.98. The van der Waals surface area contributed by atoms with Crippen LogP contribution in [0.3, 0.4) is 0 Å². The van der Waals surface area contributed by atoms with E-state index in [0.717, 1.165) is 17.5 Å². The van der Waals surface area contributed by atoms with Crippen LogP contribution in [-0.4, -0.2) is 58.7 Å². The number of hydrogen-bond acceptors (Lipinski definition) is 4. The fourth-order valence-electron chi connectivity index (χ4n) is 2.87. The second-order valence-electron chi connectivity index (χ2n) is 6.49. The zero-order valence-electron chi connectivity index (χ0n) is 15.3. The lowest BCUT2D eigenvalue weighted by atomic mass is 10.1. The third kappa shape index (κ3) is 5.32. The first-order chi connectivity index (χ1) is 13.0. The van der Waals surface area contributed by atoms with Crippen LogP contribution in [0.2, 0.25) is 0 Å². The molecular formula is C18H20F3N3O4. The standard InChI is InChI=1S/C16H19N3O2.C2HF3O2/c1-10-7-15(20)18-14-8-12(3-4-13(10)14)16(21)19-6-5-17-11(2)9-19;3-2(4,5)1(6)7/h3-4,7-8,11,17H,5-6,9H2,1-2H3,(H,18,20);(H,6,7)/t11-;/m1./s1. The summed E-state index contributed by atoms with van der Waals surface area (Å²) in [4.78, 5) is 37.7. The number of aromatic amines is 1. The number of halogens is 3. The number of H-pyrrole nitrogens is 1. The number of nitrogens with one attached hydrogen (secondary N) is 2. The first-order valence-electron chi connectivity index (χ1n) is 8.45. The summed E-state index contributed by atoms with van der Waals surface area (Å²) in [5.41, 5.74) is 2.12. The van der Waals surface area contributed by atoms with Gasteiger partial charge in [0.05, 0.1) is 0 Å². The summed E-state index contributed by atoms with van der Waals surface area (Å²) in [6, 6.07) is 7.40. The van der Waals surface area contributed by atoms with E-state index < -0.39 is 12.1 Å². The van der Waals surface area contributed by atoms with Gasteiger partial charge >= 0.3 is 12.1 Å². The fraction of sp³-hybridized carbons (Fsp3) is 0.389. The van der Waals surface area contributed by atoms with Crippen LogP contribution in [0, 0.1) is 6.92 Å². The molecule has 1 aromatic heterocycles. The lowest BCUT2D eigenvalue weighted by molar-refractivity contribution is -0.192. The minimum Gasteiger partial charge on any atom is -0.475 e. The van der Waals surface area contributed by atoms with Crippen LogP contribution in [0.1, 0.15) is 22.8 Å². The molecule has 0 bridgehead atoms. The maximum absolute atomic E-state index is 12.6. The van der Waals surface area contributed by atoms with Crippen molar-refractivity contribution in [3.05, 3.63) is 45.7 Å². The number of nitrogens with zero attached hydrogens (tertiary/aromatic N) is 1. The van der Waals surface area contributed by atoms with Gasteiger partial charge < -0.3 is 20.3 Å². The van der Waals surface area contributed by atoms with Crippen LogP contribution >= 0.6 is 0 Å². The van der Waals surface area contributed by atoms with Gasteiger partial charge in [-0.2, -0.15) is 13.2 Å². The molecule has 3 N–H and O–H groups in total. The van der Waals surface area contributed by atoms with E-state index in [4.69, 9.17) is 9.90 Å². The summed E-state index contributed by atoms with van der Waals surface area (Å²) in [6.45, 7) is 6.21. The third-order valence-electron chi connectivity index (χ3n) is 4.20. The molecule has 1 fully saturated rings. The van der Waals surface area contributed by atoms with E-state index in [1.165, 1.54) is 0 Å². The molecule has 0 radical (unpaired) electrons. The van der Waals surface area contributed by atoms with Gasteiger partial charge in [-0.25, -0.2) is 4.79 Å². The quantitative estimate of drug-likeness (QED) is 0.680. The largest absolute Gasteiger partial charge is 0.490 e. The summed E-state index contributed by atoms with van der Waals surface area (Å²) in [7, 11) is 0. The number of carbonyl (C=O) groups excluding carboxylic acids is 1. The molecule has 152 valence electrons. The lowest BCUT2D eigenvalue weighted by Gasteiger charge is -2.32. The first-order valence-corrected chi connectivity index (χ1v) is 8.45. The van der Waals surface area contributed by atoms with Gasteiger partial charge in [-0.05, 0) is 31.5 Å². The molecule has 7 nitrogen and oxygen atoms in total. The molecule has 28 heavy (non-hydrogen) atoms. The Hall–Kier alpha value is -2.88. The van der Waals surface area contributed by atoms with Gasteiger partial charge in [0.15, 0.2) is 0 Å². The smallest absolute Gasteiger partial charge is 0.475 e. The molecule has 0 aliphatic carbocycles. The van der Waals surface area contributed by atoms with Crippen molar-refractivity contribution in [2.45, 2.75) is 26.1 Å². The van der Waals surface area contributed by atoms with Gasteiger partial charge in [0, 0.05) is 48.2 Å². The van der Waals surface area contributed by atoms with Crippen LogP contribution in [0.25, 0.3) is 10.9 Å². The number of piperazine rings is 1. The molecule has 0 unspecified atom stereocenters. The highest BCUT2D eigenvalue weighted by Gasteiger charge is 2.38. The Morgan fingerprint density at radius 3 is 2.46 bits per heavy atom. The zero-order chi connectivity index (χ0) is 21.1. The highest BCUT2D eigenvalue weighted by atomic mass is 19.4.